The summed E-state index contributed by atoms with van der Waals surface area (Å²) in [4.78, 5) is 8.18. The first-order chi connectivity index (χ1) is 6.81. The van der Waals surface area contributed by atoms with Crippen LogP contribution in [0.25, 0.3) is 11.5 Å². The fourth-order valence-electron chi connectivity index (χ4n) is 1.14. The summed E-state index contributed by atoms with van der Waals surface area (Å²) >= 11 is 0. The first kappa shape index (κ1) is 8.99. The SMILES string of the molecule is CCC(C)c1ncc(-c2cocn2)o1. The van der Waals surface area contributed by atoms with E-state index in [4.69, 9.17) is 8.83 Å². The van der Waals surface area contributed by atoms with Gasteiger partial charge in [-0.2, -0.15) is 0 Å². The second-order valence-electron chi connectivity index (χ2n) is 3.25. The molecule has 4 nitrogen and oxygen atoms in total. The molecule has 0 bridgehead atoms. The average Bonchev–Trinajstić information content (AvgIpc) is 2.86. The summed E-state index contributed by atoms with van der Waals surface area (Å²) in [5.74, 6) is 1.76. The highest BCUT2D eigenvalue weighted by atomic mass is 16.4. The number of oxazole rings is 2. The van der Waals surface area contributed by atoms with Gasteiger partial charge in [-0.3, -0.25) is 0 Å². The van der Waals surface area contributed by atoms with Crippen molar-refractivity contribution in [2.75, 3.05) is 0 Å². The van der Waals surface area contributed by atoms with Crippen LogP contribution in [-0.2, 0) is 0 Å². The molecule has 0 aliphatic carbocycles. The molecule has 14 heavy (non-hydrogen) atoms. The van der Waals surface area contributed by atoms with Gasteiger partial charge in [0.2, 0.25) is 0 Å². The van der Waals surface area contributed by atoms with E-state index in [2.05, 4.69) is 23.8 Å². The number of hydrogen-bond donors (Lipinski definition) is 0. The minimum atomic E-state index is 0.343. The van der Waals surface area contributed by atoms with Gasteiger partial charge < -0.3 is 8.83 Å². The summed E-state index contributed by atoms with van der Waals surface area (Å²) < 4.78 is 10.4. The zero-order chi connectivity index (χ0) is 9.97. The topological polar surface area (TPSA) is 52.1 Å². The molecule has 2 aromatic heterocycles. The number of hydrogen-bond acceptors (Lipinski definition) is 4. The number of rotatable bonds is 3. The Hall–Kier alpha value is -1.58. The highest BCUT2D eigenvalue weighted by Gasteiger charge is 2.12. The lowest BCUT2D eigenvalue weighted by atomic mass is 10.1. The minimum Gasteiger partial charge on any atom is -0.451 e. The Morgan fingerprint density at radius 3 is 2.93 bits per heavy atom. The van der Waals surface area contributed by atoms with E-state index in [0.717, 1.165) is 12.3 Å². The van der Waals surface area contributed by atoms with Crippen LogP contribution in [-0.4, -0.2) is 9.97 Å². The van der Waals surface area contributed by atoms with Gasteiger partial charge in [-0.05, 0) is 6.42 Å². The number of aromatic nitrogens is 2. The van der Waals surface area contributed by atoms with Gasteiger partial charge in [0.15, 0.2) is 18.0 Å². The first-order valence-corrected chi connectivity index (χ1v) is 4.65. The van der Waals surface area contributed by atoms with Gasteiger partial charge in [0, 0.05) is 5.92 Å². The Labute approximate surface area is 82.0 Å². The Bertz CT molecular complexity index is 392. The van der Waals surface area contributed by atoms with Crippen LogP contribution in [0.1, 0.15) is 32.1 Å². The van der Waals surface area contributed by atoms with Crippen molar-refractivity contribution in [2.45, 2.75) is 26.2 Å². The second kappa shape index (κ2) is 3.65. The summed E-state index contributed by atoms with van der Waals surface area (Å²) in [7, 11) is 0. The Kier molecular flexibility index (Phi) is 2.35. The second-order valence-corrected chi connectivity index (χ2v) is 3.25. The van der Waals surface area contributed by atoms with Gasteiger partial charge in [0.1, 0.15) is 12.0 Å². The fourth-order valence-corrected chi connectivity index (χ4v) is 1.14. The van der Waals surface area contributed by atoms with Gasteiger partial charge in [-0.15, -0.1) is 0 Å². The van der Waals surface area contributed by atoms with Crippen LogP contribution in [0.4, 0.5) is 0 Å². The maximum atomic E-state index is 5.55. The van der Waals surface area contributed by atoms with Crippen molar-refractivity contribution in [3.63, 3.8) is 0 Å². The molecule has 1 unspecified atom stereocenters. The van der Waals surface area contributed by atoms with E-state index < -0.39 is 0 Å². The van der Waals surface area contributed by atoms with E-state index in [0.29, 0.717) is 17.4 Å². The van der Waals surface area contributed by atoms with Crippen LogP contribution in [0.15, 0.2) is 27.7 Å². The molecule has 2 heterocycles. The molecule has 0 saturated carbocycles. The van der Waals surface area contributed by atoms with Gasteiger partial charge in [0.05, 0.1) is 6.20 Å². The van der Waals surface area contributed by atoms with Gasteiger partial charge >= 0.3 is 0 Å². The third kappa shape index (κ3) is 1.55. The molecular formula is C10H12N2O2. The molecular weight excluding hydrogens is 180 g/mol. The standard InChI is InChI=1S/C10H12N2O2/c1-3-7(2)10-11-4-9(14-10)8-5-13-6-12-8/h4-7H,3H2,1-2H3. The molecule has 4 heteroatoms. The molecule has 0 N–H and O–H groups in total. The van der Waals surface area contributed by atoms with E-state index in [9.17, 15) is 0 Å². The maximum Gasteiger partial charge on any atom is 0.197 e. The fraction of sp³-hybridized carbons (Fsp3) is 0.400. The van der Waals surface area contributed by atoms with Crippen LogP contribution in [0, 0.1) is 0 Å². The van der Waals surface area contributed by atoms with E-state index >= 15 is 0 Å². The van der Waals surface area contributed by atoms with E-state index in [1.165, 1.54) is 6.39 Å². The first-order valence-electron chi connectivity index (χ1n) is 4.65. The maximum absolute atomic E-state index is 5.55. The minimum absolute atomic E-state index is 0.343. The molecule has 2 aromatic rings. The normalized spacial score (nSPS) is 13.0. The highest BCUT2D eigenvalue weighted by molar-refractivity contribution is 5.47. The van der Waals surface area contributed by atoms with Crippen LogP contribution in [0.2, 0.25) is 0 Å². The zero-order valence-corrected chi connectivity index (χ0v) is 8.23. The van der Waals surface area contributed by atoms with Gasteiger partial charge in [-0.25, -0.2) is 9.97 Å². The van der Waals surface area contributed by atoms with Crippen molar-refractivity contribution < 1.29 is 8.83 Å². The molecule has 1 atom stereocenters. The lowest BCUT2D eigenvalue weighted by Crippen LogP contribution is -1.89. The molecule has 0 saturated heterocycles. The molecule has 0 amide bonds. The smallest absolute Gasteiger partial charge is 0.197 e. The Morgan fingerprint density at radius 1 is 1.43 bits per heavy atom. The lowest BCUT2D eigenvalue weighted by molar-refractivity contribution is 0.461. The molecule has 0 aliphatic rings. The van der Waals surface area contributed by atoms with Gasteiger partial charge in [0.25, 0.3) is 0 Å². The van der Waals surface area contributed by atoms with Crippen molar-refractivity contribution in [2.24, 2.45) is 0 Å². The zero-order valence-electron chi connectivity index (χ0n) is 8.23. The molecule has 0 radical (unpaired) electrons. The monoisotopic (exact) mass is 192 g/mol. The van der Waals surface area contributed by atoms with E-state index in [1.807, 2.05) is 0 Å². The average molecular weight is 192 g/mol. The summed E-state index contributed by atoms with van der Waals surface area (Å²) in [5.41, 5.74) is 0.687. The molecule has 0 fully saturated rings. The summed E-state index contributed by atoms with van der Waals surface area (Å²) in [5, 5.41) is 0. The quantitative estimate of drug-likeness (QED) is 0.750. The predicted molar refractivity (Wildman–Crippen MR) is 50.7 cm³/mol. The predicted octanol–water partition coefficient (Wildman–Crippen LogP) is 2.84. The third-order valence-electron chi connectivity index (χ3n) is 2.24. The molecule has 0 aliphatic heterocycles. The van der Waals surface area contributed by atoms with Crippen LogP contribution < -0.4 is 0 Å². The number of nitrogens with zero attached hydrogens (tertiary/aromatic N) is 2. The molecule has 0 spiro atoms. The molecule has 2 rings (SSSR count). The van der Waals surface area contributed by atoms with Gasteiger partial charge in [-0.1, -0.05) is 13.8 Å². The van der Waals surface area contributed by atoms with Crippen molar-refractivity contribution >= 4 is 0 Å². The summed E-state index contributed by atoms with van der Waals surface area (Å²) in [6.45, 7) is 4.18. The largest absolute Gasteiger partial charge is 0.451 e. The summed E-state index contributed by atoms with van der Waals surface area (Å²) in [6.07, 6.45) is 5.61. The highest BCUT2D eigenvalue weighted by Crippen LogP contribution is 2.23. The van der Waals surface area contributed by atoms with Crippen LogP contribution in [0.5, 0.6) is 0 Å². The lowest BCUT2D eigenvalue weighted by Gasteiger charge is -2.00. The van der Waals surface area contributed by atoms with E-state index in [1.54, 1.807) is 12.5 Å². The van der Waals surface area contributed by atoms with Crippen molar-refractivity contribution in [1.82, 2.24) is 9.97 Å². The van der Waals surface area contributed by atoms with Crippen molar-refractivity contribution in [3.8, 4) is 11.5 Å². The Morgan fingerprint density at radius 2 is 2.29 bits per heavy atom. The summed E-state index contributed by atoms with van der Waals surface area (Å²) in [6, 6.07) is 0. The third-order valence-corrected chi connectivity index (χ3v) is 2.24. The van der Waals surface area contributed by atoms with Crippen LogP contribution in [0.3, 0.4) is 0 Å². The molecule has 74 valence electrons. The Balaban J connectivity index is 2.26. The van der Waals surface area contributed by atoms with E-state index in [-0.39, 0.29) is 0 Å². The van der Waals surface area contributed by atoms with Crippen LogP contribution >= 0.6 is 0 Å². The molecule has 0 aromatic carbocycles. The van der Waals surface area contributed by atoms with Crippen molar-refractivity contribution in [3.05, 3.63) is 24.7 Å². The van der Waals surface area contributed by atoms with Crippen molar-refractivity contribution in [1.29, 1.82) is 0 Å².